The van der Waals surface area contributed by atoms with E-state index in [1.54, 1.807) is 0 Å². The van der Waals surface area contributed by atoms with Gasteiger partial charge in [0.25, 0.3) is 0 Å². The molecule has 1 atom stereocenters. The fraction of sp³-hybridized carbons (Fsp3) is 0.353. The van der Waals surface area contributed by atoms with Crippen LogP contribution in [0.2, 0.25) is 0 Å². The lowest BCUT2D eigenvalue weighted by molar-refractivity contribution is 0.236. The molecule has 0 radical (unpaired) electrons. The molecule has 5 nitrogen and oxygen atoms in total. The smallest absolute Gasteiger partial charge is 0.315 e. The van der Waals surface area contributed by atoms with Crippen LogP contribution in [-0.2, 0) is 6.54 Å². The van der Waals surface area contributed by atoms with Crippen LogP contribution in [0.15, 0.2) is 48.8 Å². The second kappa shape index (κ2) is 7.02. The molecule has 0 aliphatic carbocycles. The molecule has 2 N–H and O–H groups in total. The number of carbonyl (C=O) groups is 1. The van der Waals surface area contributed by atoms with Gasteiger partial charge in [-0.15, -0.1) is 0 Å². The molecule has 1 aliphatic heterocycles. The number of para-hydroxylation sites is 1. The monoisotopic (exact) mass is 299 g/mol. The number of fused-ring (bicyclic) bond motifs is 1. The average Bonchev–Trinajstić information content (AvgIpc) is 2.96. The van der Waals surface area contributed by atoms with E-state index in [0.717, 1.165) is 30.7 Å². The Morgan fingerprint density at radius 3 is 2.91 bits per heavy atom. The van der Waals surface area contributed by atoms with Gasteiger partial charge in [0.1, 0.15) is 5.75 Å². The van der Waals surface area contributed by atoms with Crippen molar-refractivity contribution in [2.24, 2.45) is 0 Å². The molecule has 2 heterocycles. The molecular weight excluding hydrogens is 278 g/mol. The van der Waals surface area contributed by atoms with Gasteiger partial charge in [0, 0.05) is 31.0 Å². The number of aromatic nitrogens is 1. The largest absolute Gasteiger partial charge is 0.493 e. The highest BCUT2D eigenvalue weighted by Gasteiger charge is 2.20. The minimum absolute atomic E-state index is 0.00489. The highest BCUT2D eigenvalue weighted by atomic mass is 16.5. The molecule has 0 saturated carbocycles. The minimum atomic E-state index is -0.131. The number of ether oxygens (including phenoxy) is 1. The number of carbonyl (C=O) groups excluding carboxylic acids is 1. The van der Waals surface area contributed by atoms with Gasteiger partial charge >= 0.3 is 6.03 Å². The standard InChI is InChI=1S/C17H21N3O2/c21-17(18-9-12-20-10-3-4-11-20)19-15-7-5-13-22-16-8-2-1-6-14(15)16/h1-4,6,8,10-11,15H,5,7,9,12-13H2,(H2,18,19,21). The highest BCUT2D eigenvalue weighted by Crippen LogP contribution is 2.30. The molecule has 1 unspecified atom stereocenters. The zero-order valence-electron chi connectivity index (χ0n) is 12.5. The number of hydrogen-bond donors (Lipinski definition) is 2. The third-order valence-electron chi connectivity index (χ3n) is 3.82. The first-order valence-corrected chi connectivity index (χ1v) is 7.70. The Bertz CT molecular complexity index is 610. The van der Waals surface area contributed by atoms with Gasteiger partial charge in [0.05, 0.1) is 12.6 Å². The summed E-state index contributed by atoms with van der Waals surface area (Å²) in [6.07, 6.45) is 5.79. The summed E-state index contributed by atoms with van der Waals surface area (Å²) >= 11 is 0. The van der Waals surface area contributed by atoms with Crippen molar-refractivity contribution in [3.63, 3.8) is 0 Å². The van der Waals surface area contributed by atoms with Gasteiger partial charge in [-0.25, -0.2) is 4.79 Å². The Labute approximate surface area is 130 Å². The van der Waals surface area contributed by atoms with Crippen molar-refractivity contribution in [1.82, 2.24) is 15.2 Å². The zero-order chi connectivity index (χ0) is 15.2. The number of urea groups is 1. The maximum atomic E-state index is 12.1. The summed E-state index contributed by atoms with van der Waals surface area (Å²) < 4.78 is 7.75. The highest BCUT2D eigenvalue weighted by molar-refractivity contribution is 5.74. The van der Waals surface area contributed by atoms with Crippen molar-refractivity contribution < 1.29 is 9.53 Å². The first kappa shape index (κ1) is 14.5. The Hall–Kier alpha value is -2.43. The van der Waals surface area contributed by atoms with Crippen LogP contribution in [0.5, 0.6) is 5.75 Å². The van der Waals surface area contributed by atoms with Crippen molar-refractivity contribution in [2.45, 2.75) is 25.4 Å². The lowest BCUT2D eigenvalue weighted by atomic mass is 10.0. The Morgan fingerprint density at radius 2 is 2.05 bits per heavy atom. The first-order valence-electron chi connectivity index (χ1n) is 7.70. The lowest BCUT2D eigenvalue weighted by Gasteiger charge is -2.18. The topological polar surface area (TPSA) is 55.3 Å². The summed E-state index contributed by atoms with van der Waals surface area (Å²) in [5, 5.41) is 5.96. The van der Waals surface area contributed by atoms with Gasteiger partial charge in [-0.1, -0.05) is 18.2 Å². The quantitative estimate of drug-likeness (QED) is 0.912. The SMILES string of the molecule is O=C(NCCn1cccc1)NC1CCCOc2ccccc21. The van der Waals surface area contributed by atoms with Crippen LogP contribution < -0.4 is 15.4 Å². The van der Waals surface area contributed by atoms with Gasteiger partial charge in [-0.2, -0.15) is 0 Å². The average molecular weight is 299 g/mol. The number of benzene rings is 1. The predicted octanol–water partition coefficient (Wildman–Crippen LogP) is 2.70. The van der Waals surface area contributed by atoms with E-state index in [0.29, 0.717) is 13.2 Å². The molecule has 116 valence electrons. The van der Waals surface area contributed by atoms with E-state index in [1.165, 1.54) is 0 Å². The number of amides is 2. The molecule has 1 aromatic heterocycles. The van der Waals surface area contributed by atoms with E-state index in [1.807, 2.05) is 53.4 Å². The van der Waals surface area contributed by atoms with E-state index in [9.17, 15) is 4.79 Å². The fourth-order valence-electron chi connectivity index (χ4n) is 2.70. The molecule has 2 aromatic rings. The third kappa shape index (κ3) is 3.61. The number of hydrogen-bond acceptors (Lipinski definition) is 2. The lowest BCUT2D eigenvalue weighted by Crippen LogP contribution is -2.39. The molecule has 1 aromatic carbocycles. The van der Waals surface area contributed by atoms with Gasteiger partial charge in [-0.05, 0) is 31.0 Å². The number of rotatable bonds is 4. The molecule has 22 heavy (non-hydrogen) atoms. The summed E-state index contributed by atoms with van der Waals surface area (Å²) in [6, 6.07) is 11.7. The van der Waals surface area contributed by atoms with E-state index >= 15 is 0 Å². The molecule has 2 amide bonds. The summed E-state index contributed by atoms with van der Waals surface area (Å²) in [5.74, 6) is 0.873. The molecule has 0 fully saturated rings. The van der Waals surface area contributed by atoms with Gasteiger partial charge in [0.15, 0.2) is 0 Å². The fourth-order valence-corrected chi connectivity index (χ4v) is 2.70. The Kier molecular flexibility index (Phi) is 4.63. The van der Waals surface area contributed by atoms with Crippen molar-refractivity contribution >= 4 is 6.03 Å². The summed E-state index contributed by atoms with van der Waals surface area (Å²) in [6.45, 7) is 2.07. The molecule has 0 spiro atoms. The van der Waals surface area contributed by atoms with Crippen LogP contribution >= 0.6 is 0 Å². The van der Waals surface area contributed by atoms with E-state index in [-0.39, 0.29) is 12.1 Å². The normalized spacial score (nSPS) is 17.0. The van der Waals surface area contributed by atoms with Gasteiger partial charge in [-0.3, -0.25) is 0 Å². The maximum Gasteiger partial charge on any atom is 0.315 e. The Morgan fingerprint density at radius 1 is 1.23 bits per heavy atom. The van der Waals surface area contributed by atoms with E-state index < -0.39 is 0 Å². The third-order valence-corrected chi connectivity index (χ3v) is 3.82. The molecular formula is C17H21N3O2. The van der Waals surface area contributed by atoms with Crippen LogP contribution in [0.4, 0.5) is 4.79 Å². The van der Waals surface area contributed by atoms with E-state index in [2.05, 4.69) is 10.6 Å². The van der Waals surface area contributed by atoms with Crippen molar-refractivity contribution in [3.8, 4) is 5.75 Å². The van der Waals surface area contributed by atoms with Crippen LogP contribution in [0.3, 0.4) is 0 Å². The predicted molar refractivity (Wildman–Crippen MR) is 84.9 cm³/mol. The first-order chi connectivity index (χ1) is 10.8. The summed E-state index contributed by atoms with van der Waals surface area (Å²) in [4.78, 5) is 12.1. The number of nitrogens with one attached hydrogen (secondary N) is 2. The van der Waals surface area contributed by atoms with Crippen LogP contribution in [0.25, 0.3) is 0 Å². The summed E-state index contributed by atoms with van der Waals surface area (Å²) in [5.41, 5.74) is 1.06. The second-order valence-electron chi connectivity index (χ2n) is 5.40. The van der Waals surface area contributed by atoms with Crippen molar-refractivity contribution in [2.75, 3.05) is 13.2 Å². The van der Waals surface area contributed by atoms with Gasteiger partial charge in [0.2, 0.25) is 0 Å². The summed E-state index contributed by atoms with van der Waals surface area (Å²) in [7, 11) is 0. The molecule has 0 saturated heterocycles. The van der Waals surface area contributed by atoms with Crippen molar-refractivity contribution in [1.29, 1.82) is 0 Å². The molecule has 1 aliphatic rings. The van der Waals surface area contributed by atoms with Gasteiger partial charge < -0.3 is 19.9 Å². The second-order valence-corrected chi connectivity index (χ2v) is 5.40. The van der Waals surface area contributed by atoms with Crippen molar-refractivity contribution in [3.05, 3.63) is 54.4 Å². The molecule has 5 heteroatoms. The Balaban J connectivity index is 1.54. The zero-order valence-corrected chi connectivity index (χ0v) is 12.5. The minimum Gasteiger partial charge on any atom is -0.493 e. The number of nitrogens with zero attached hydrogens (tertiary/aromatic N) is 1. The van der Waals surface area contributed by atoms with Crippen LogP contribution in [0.1, 0.15) is 24.4 Å². The van der Waals surface area contributed by atoms with E-state index in [4.69, 9.17) is 4.74 Å². The molecule has 0 bridgehead atoms. The molecule has 3 rings (SSSR count). The van der Waals surface area contributed by atoms with Crippen LogP contribution in [0, 0.1) is 0 Å². The van der Waals surface area contributed by atoms with Crippen LogP contribution in [-0.4, -0.2) is 23.7 Å². The maximum absolute atomic E-state index is 12.1.